The number of aliphatic imine (C=N–C) groups is 1. The summed E-state index contributed by atoms with van der Waals surface area (Å²) >= 11 is 1.70. The molecular weight excluding hydrogens is 389 g/mol. The van der Waals surface area contributed by atoms with Crippen molar-refractivity contribution in [2.45, 2.75) is 33.4 Å². The van der Waals surface area contributed by atoms with Gasteiger partial charge in [-0.05, 0) is 31.0 Å². The van der Waals surface area contributed by atoms with E-state index >= 15 is 0 Å². The number of piperazine rings is 1. The number of halogens is 1. The van der Waals surface area contributed by atoms with Gasteiger partial charge in [0.05, 0.1) is 24.4 Å². The Balaban J connectivity index is 1.55. The van der Waals surface area contributed by atoms with E-state index in [1.54, 1.807) is 23.5 Å². The Morgan fingerprint density at radius 2 is 2.07 bits per heavy atom. The minimum Gasteiger partial charge on any atom is -0.494 e. The molecule has 1 aliphatic heterocycles. The van der Waals surface area contributed by atoms with E-state index in [1.807, 2.05) is 6.07 Å². The predicted molar refractivity (Wildman–Crippen MR) is 116 cm³/mol. The van der Waals surface area contributed by atoms with E-state index in [9.17, 15) is 4.39 Å². The van der Waals surface area contributed by atoms with Crippen LogP contribution in [-0.2, 0) is 19.5 Å². The smallest absolute Gasteiger partial charge is 0.194 e. The molecule has 0 aliphatic carbocycles. The molecule has 0 bridgehead atoms. The second-order valence-corrected chi connectivity index (χ2v) is 7.93. The van der Waals surface area contributed by atoms with E-state index in [4.69, 9.17) is 9.73 Å². The number of aromatic nitrogens is 1. The van der Waals surface area contributed by atoms with Gasteiger partial charge in [0.1, 0.15) is 0 Å². The monoisotopic (exact) mass is 419 g/mol. The third-order valence-corrected chi connectivity index (χ3v) is 5.96. The molecule has 158 valence electrons. The first-order valence-corrected chi connectivity index (χ1v) is 11.0. The average molecular weight is 420 g/mol. The van der Waals surface area contributed by atoms with Crippen molar-refractivity contribution < 1.29 is 9.13 Å². The van der Waals surface area contributed by atoms with Crippen LogP contribution in [0.5, 0.6) is 5.75 Å². The molecule has 0 unspecified atom stereocenters. The molecule has 1 aromatic carbocycles. The molecule has 1 saturated heterocycles. The van der Waals surface area contributed by atoms with Crippen LogP contribution in [0.15, 0.2) is 28.6 Å². The topological polar surface area (TPSA) is 53.0 Å². The summed E-state index contributed by atoms with van der Waals surface area (Å²) in [7, 11) is 1.48. The summed E-state index contributed by atoms with van der Waals surface area (Å²) in [6.45, 7) is 9.98. The molecule has 1 aromatic heterocycles. The molecule has 3 rings (SSSR count). The van der Waals surface area contributed by atoms with Gasteiger partial charge in [0.2, 0.25) is 0 Å². The fourth-order valence-electron chi connectivity index (χ4n) is 3.35. The van der Waals surface area contributed by atoms with E-state index in [-0.39, 0.29) is 11.6 Å². The minimum atomic E-state index is -0.307. The largest absolute Gasteiger partial charge is 0.494 e. The Bertz CT molecular complexity index is 817. The Kier molecular flexibility index (Phi) is 7.83. The average Bonchev–Trinajstić information content (AvgIpc) is 3.20. The van der Waals surface area contributed by atoms with Gasteiger partial charge < -0.3 is 15.0 Å². The molecule has 2 heterocycles. The normalized spacial score (nSPS) is 15.6. The molecule has 0 saturated carbocycles. The molecule has 1 aliphatic rings. The van der Waals surface area contributed by atoms with Crippen molar-refractivity contribution in [3.8, 4) is 5.75 Å². The van der Waals surface area contributed by atoms with Crippen molar-refractivity contribution in [2.75, 3.05) is 39.8 Å². The summed E-state index contributed by atoms with van der Waals surface area (Å²) < 4.78 is 18.9. The van der Waals surface area contributed by atoms with Crippen LogP contribution in [0.2, 0.25) is 0 Å². The maximum absolute atomic E-state index is 13.9. The molecule has 0 atom stereocenters. The van der Waals surface area contributed by atoms with Crippen LogP contribution in [-0.4, -0.2) is 60.6 Å². The van der Waals surface area contributed by atoms with E-state index in [0.29, 0.717) is 6.54 Å². The van der Waals surface area contributed by atoms with Crippen LogP contribution < -0.4 is 10.1 Å². The summed E-state index contributed by atoms with van der Waals surface area (Å²) in [5, 5.41) is 6.65. The highest BCUT2D eigenvalue weighted by molar-refractivity contribution is 7.09. The van der Waals surface area contributed by atoms with E-state index in [2.05, 4.69) is 39.3 Å². The highest BCUT2D eigenvalue weighted by Crippen LogP contribution is 2.19. The number of rotatable bonds is 7. The SMILES string of the molecule is CCNC(=NCc1csc(CC)n1)N1CCN(Cc2ccc(OC)c(F)c2)CC1. The number of nitrogens with zero attached hydrogens (tertiary/aromatic N) is 4. The number of hydrogen-bond donors (Lipinski definition) is 1. The number of thiazole rings is 1. The third kappa shape index (κ3) is 5.90. The van der Waals surface area contributed by atoms with Crippen molar-refractivity contribution in [1.82, 2.24) is 20.1 Å². The van der Waals surface area contributed by atoms with Gasteiger partial charge in [0.25, 0.3) is 0 Å². The Morgan fingerprint density at radius 1 is 1.28 bits per heavy atom. The molecule has 2 aromatic rings. The number of ether oxygens (including phenoxy) is 1. The second kappa shape index (κ2) is 10.5. The highest BCUT2D eigenvalue weighted by atomic mass is 32.1. The van der Waals surface area contributed by atoms with Crippen LogP contribution in [0.1, 0.15) is 30.1 Å². The van der Waals surface area contributed by atoms with Crippen molar-refractivity contribution in [2.24, 2.45) is 4.99 Å². The standard InChI is InChI=1S/C21H30FN5OS/c1-4-20-25-17(15-29-20)13-24-21(23-5-2)27-10-8-26(9-11-27)14-16-6-7-19(28-3)18(22)12-16/h6-7,12,15H,4-5,8-11,13-14H2,1-3H3,(H,23,24). The summed E-state index contributed by atoms with van der Waals surface area (Å²) in [6, 6.07) is 5.19. The van der Waals surface area contributed by atoms with Gasteiger partial charge in [-0.1, -0.05) is 13.0 Å². The van der Waals surface area contributed by atoms with Gasteiger partial charge in [-0.2, -0.15) is 0 Å². The Morgan fingerprint density at radius 3 is 2.69 bits per heavy atom. The lowest BCUT2D eigenvalue weighted by molar-refractivity contribution is 0.172. The van der Waals surface area contributed by atoms with Gasteiger partial charge in [0, 0.05) is 44.6 Å². The number of guanidine groups is 1. The molecule has 0 spiro atoms. The molecule has 0 radical (unpaired) electrons. The van der Waals surface area contributed by atoms with Crippen LogP contribution >= 0.6 is 11.3 Å². The molecule has 29 heavy (non-hydrogen) atoms. The lowest BCUT2D eigenvalue weighted by Crippen LogP contribution is -2.52. The molecule has 6 nitrogen and oxygen atoms in total. The first-order valence-electron chi connectivity index (χ1n) is 10.1. The van der Waals surface area contributed by atoms with Crippen LogP contribution in [0.3, 0.4) is 0 Å². The van der Waals surface area contributed by atoms with Crippen molar-refractivity contribution in [1.29, 1.82) is 0 Å². The summed E-state index contributed by atoms with van der Waals surface area (Å²) in [6.07, 6.45) is 0.967. The number of benzene rings is 1. The van der Waals surface area contributed by atoms with Gasteiger partial charge in [0.15, 0.2) is 17.5 Å². The zero-order valence-electron chi connectivity index (χ0n) is 17.4. The van der Waals surface area contributed by atoms with Crippen molar-refractivity contribution in [3.63, 3.8) is 0 Å². The number of aryl methyl sites for hydroxylation is 1. The molecule has 1 fully saturated rings. The Hall–Kier alpha value is -2.19. The van der Waals surface area contributed by atoms with Crippen LogP contribution in [0, 0.1) is 5.82 Å². The Labute approximate surface area is 176 Å². The van der Waals surface area contributed by atoms with E-state index in [1.165, 1.54) is 7.11 Å². The molecule has 0 amide bonds. The number of nitrogens with one attached hydrogen (secondary N) is 1. The quantitative estimate of drug-likeness (QED) is 0.552. The van der Waals surface area contributed by atoms with Gasteiger partial charge >= 0.3 is 0 Å². The lowest BCUT2D eigenvalue weighted by atomic mass is 10.2. The molecular formula is C21H30FN5OS. The lowest BCUT2D eigenvalue weighted by Gasteiger charge is -2.36. The predicted octanol–water partition coefficient (Wildman–Crippen LogP) is 3.14. The zero-order chi connectivity index (χ0) is 20.6. The van der Waals surface area contributed by atoms with Gasteiger partial charge in [-0.25, -0.2) is 14.4 Å². The first kappa shape index (κ1) is 21.5. The van der Waals surface area contributed by atoms with E-state index in [0.717, 1.165) is 67.9 Å². The fraction of sp³-hybridized carbons (Fsp3) is 0.524. The highest BCUT2D eigenvalue weighted by Gasteiger charge is 2.20. The number of methoxy groups -OCH3 is 1. The summed E-state index contributed by atoms with van der Waals surface area (Å²) in [5.74, 6) is 0.920. The fourth-order valence-corrected chi connectivity index (χ4v) is 4.09. The molecule has 8 heteroatoms. The first-order chi connectivity index (χ1) is 14.1. The molecule has 1 N–H and O–H groups in total. The third-order valence-electron chi connectivity index (χ3n) is 4.92. The van der Waals surface area contributed by atoms with Crippen molar-refractivity contribution in [3.05, 3.63) is 45.7 Å². The summed E-state index contributed by atoms with van der Waals surface area (Å²) in [5.41, 5.74) is 2.00. The number of hydrogen-bond acceptors (Lipinski definition) is 5. The maximum Gasteiger partial charge on any atom is 0.194 e. The van der Waals surface area contributed by atoms with Crippen molar-refractivity contribution >= 4 is 17.3 Å². The van der Waals surface area contributed by atoms with Crippen LogP contribution in [0.4, 0.5) is 4.39 Å². The van der Waals surface area contributed by atoms with E-state index < -0.39 is 0 Å². The van der Waals surface area contributed by atoms with Crippen LogP contribution in [0.25, 0.3) is 0 Å². The van der Waals surface area contributed by atoms with Gasteiger partial charge in [-0.15, -0.1) is 11.3 Å². The van der Waals surface area contributed by atoms with Gasteiger partial charge in [-0.3, -0.25) is 4.90 Å². The maximum atomic E-state index is 13.9. The zero-order valence-corrected chi connectivity index (χ0v) is 18.3. The minimum absolute atomic E-state index is 0.288. The summed E-state index contributed by atoms with van der Waals surface area (Å²) in [4.78, 5) is 14.0. The second-order valence-electron chi connectivity index (χ2n) is 6.99.